The van der Waals surface area contributed by atoms with Crippen molar-refractivity contribution >= 4 is 17.3 Å². The Morgan fingerprint density at radius 1 is 1.29 bits per heavy atom. The number of hydrogen-bond donors (Lipinski definition) is 0. The maximum atomic E-state index is 12.8. The fraction of sp³-hybridized carbons (Fsp3) is 0.500. The lowest BCUT2D eigenvalue weighted by atomic mass is 10.1. The predicted molar refractivity (Wildman–Crippen MR) is 64.6 cm³/mol. The Labute approximate surface area is 104 Å². The smallest absolute Gasteiger partial charge is 0.375 e. The summed E-state index contributed by atoms with van der Waals surface area (Å²) in [5.74, 6) is -0.132. The van der Waals surface area contributed by atoms with Gasteiger partial charge in [-0.1, -0.05) is 13.0 Å². The first-order valence-electron chi connectivity index (χ1n) is 5.37. The Morgan fingerprint density at radius 2 is 1.94 bits per heavy atom. The van der Waals surface area contributed by atoms with Crippen LogP contribution in [0.3, 0.4) is 0 Å². The minimum Gasteiger partial charge on any atom is -0.375 e. The number of alkyl halides is 4. The highest BCUT2D eigenvalue weighted by atomic mass is 35.5. The van der Waals surface area contributed by atoms with Crippen molar-refractivity contribution in [3.8, 4) is 0 Å². The van der Waals surface area contributed by atoms with Gasteiger partial charge in [0.2, 0.25) is 0 Å². The van der Waals surface area contributed by atoms with Crippen molar-refractivity contribution in [2.75, 3.05) is 18.5 Å². The van der Waals surface area contributed by atoms with Gasteiger partial charge in [0.1, 0.15) is 0 Å². The topological polar surface area (TPSA) is 3.24 Å². The molecule has 0 saturated heterocycles. The van der Waals surface area contributed by atoms with E-state index < -0.39 is 11.7 Å². The van der Waals surface area contributed by atoms with E-state index in [1.165, 1.54) is 6.07 Å². The van der Waals surface area contributed by atoms with Crippen LogP contribution >= 0.6 is 11.6 Å². The highest BCUT2D eigenvalue weighted by Crippen LogP contribution is 2.35. The fourth-order valence-electron chi connectivity index (χ4n) is 1.65. The first kappa shape index (κ1) is 14.2. The lowest BCUT2D eigenvalue weighted by molar-refractivity contribution is -0.138. The van der Waals surface area contributed by atoms with E-state index in [1.807, 2.05) is 6.92 Å². The molecule has 1 nitrogen and oxygen atoms in total. The van der Waals surface area contributed by atoms with E-state index in [2.05, 4.69) is 0 Å². The van der Waals surface area contributed by atoms with Crippen LogP contribution in [0.5, 0.6) is 0 Å². The molecule has 0 saturated carbocycles. The first-order valence-corrected chi connectivity index (χ1v) is 5.90. The Hall–Kier alpha value is -0.900. The van der Waals surface area contributed by atoms with Crippen molar-refractivity contribution in [1.82, 2.24) is 0 Å². The largest absolute Gasteiger partial charge is 0.416 e. The molecule has 1 aromatic carbocycles. The number of hydrogen-bond acceptors (Lipinski definition) is 1. The molecule has 0 aliphatic rings. The van der Waals surface area contributed by atoms with Crippen LogP contribution in [-0.2, 0) is 12.1 Å². The van der Waals surface area contributed by atoms with Gasteiger partial charge in [0.05, 0.1) is 5.56 Å². The molecule has 0 aliphatic carbocycles. The van der Waals surface area contributed by atoms with Crippen LogP contribution in [0.2, 0.25) is 0 Å². The van der Waals surface area contributed by atoms with Gasteiger partial charge in [-0.15, -0.1) is 11.6 Å². The maximum Gasteiger partial charge on any atom is 0.416 e. The Kier molecular flexibility index (Phi) is 4.69. The normalized spacial score (nSPS) is 11.6. The van der Waals surface area contributed by atoms with E-state index in [-0.39, 0.29) is 11.4 Å². The molecule has 5 heteroatoms. The van der Waals surface area contributed by atoms with Gasteiger partial charge in [0.25, 0.3) is 0 Å². The van der Waals surface area contributed by atoms with Gasteiger partial charge in [-0.05, 0) is 24.1 Å². The third-order valence-electron chi connectivity index (χ3n) is 2.54. The lowest BCUT2D eigenvalue weighted by Crippen LogP contribution is -2.19. The molecular formula is C12H15ClF3N. The van der Waals surface area contributed by atoms with Gasteiger partial charge in [-0.2, -0.15) is 13.2 Å². The minimum absolute atomic E-state index is 0.118. The SMILES string of the molecule is CCCN(C)c1ccc(CCl)c(C(F)(F)F)c1. The summed E-state index contributed by atoms with van der Waals surface area (Å²) in [4.78, 5) is 1.80. The van der Waals surface area contributed by atoms with Crippen LogP contribution in [-0.4, -0.2) is 13.6 Å². The standard InChI is InChI=1S/C12H15ClF3N/c1-3-6-17(2)10-5-4-9(8-13)11(7-10)12(14,15)16/h4-5,7H,3,6,8H2,1-2H3. The van der Waals surface area contributed by atoms with Crippen LogP contribution in [0.25, 0.3) is 0 Å². The van der Waals surface area contributed by atoms with Crippen LogP contribution in [0, 0.1) is 0 Å². The molecule has 0 N–H and O–H groups in total. The van der Waals surface area contributed by atoms with Crippen molar-refractivity contribution in [2.24, 2.45) is 0 Å². The fourth-order valence-corrected chi connectivity index (χ4v) is 1.88. The molecular weight excluding hydrogens is 251 g/mol. The number of benzene rings is 1. The van der Waals surface area contributed by atoms with Crippen molar-refractivity contribution in [3.05, 3.63) is 29.3 Å². The Balaban J connectivity index is 3.13. The third-order valence-corrected chi connectivity index (χ3v) is 2.83. The Bertz CT molecular complexity index is 377. The molecule has 0 unspecified atom stereocenters. The second kappa shape index (κ2) is 5.63. The zero-order chi connectivity index (χ0) is 13.1. The first-order chi connectivity index (χ1) is 7.90. The van der Waals surface area contributed by atoms with E-state index in [0.717, 1.165) is 19.0 Å². The zero-order valence-electron chi connectivity index (χ0n) is 9.81. The summed E-state index contributed by atoms with van der Waals surface area (Å²) in [5.41, 5.74) is 0.0359. The number of nitrogens with zero attached hydrogens (tertiary/aromatic N) is 1. The van der Waals surface area contributed by atoms with Gasteiger partial charge in [0, 0.05) is 25.2 Å². The molecule has 0 radical (unpaired) electrons. The lowest BCUT2D eigenvalue weighted by Gasteiger charge is -2.21. The van der Waals surface area contributed by atoms with Crippen molar-refractivity contribution < 1.29 is 13.2 Å². The summed E-state index contributed by atoms with van der Waals surface area (Å²) in [5, 5.41) is 0. The van der Waals surface area contributed by atoms with Gasteiger partial charge in [0.15, 0.2) is 0 Å². The summed E-state index contributed by atoms with van der Waals surface area (Å²) in [6.07, 6.45) is -3.47. The molecule has 96 valence electrons. The average molecular weight is 266 g/mol. The van der Waals surface area contributed by atoms with Gasteiger partial charge < -0.3 is 4.90 Å². The van der Waals surface area contributed by atoms with E-state index >= 15 is 0 Å². The Morgan fingerprint density at radius 3 is 2.41 bits per heavy atom. The van der Waals surface area contributed by atoms with Crippen molar-refractivity contribution in [1.29, 1.82) is 0 Å². The summed E-state index contributed by atoms with van der Waals surface area (Å²) in [6.45, 7) is 2.70. The summed E-state index contributed by atoms with van der Waals surface area (Å²) in [7, 11) is 1.78. The second-order valence-electron chi connectivity index (χ2n) is 3.89. The van der Waals surface area contributed by atoms with Crippen molar-refractivity contribution in [3.63, 3.8) is 0 Å². The van der Waals surface area contributed by atoms with E-state index in [9.17, 15) is 13.2 Å². The molecule has 1 aromatic rings. The maximum absolute atomic E-state index is 12.8. The minimum atomic E-state index is -4.35. The molecule has 0 heterocycles. The molecule has 0 aromatic heterocycles. The van der Waals surface area contributed by atoms with Crippen LogP contribution in [0.4, 0.5) is 18.9 Å². The number of rotatable bonds is 4. The van der Waals surface area contributed by atoms with Crippen LogP contribution in [0.1, 0.15) is 24.5 Å². The third kappa shape index (κ3) is 3.53. The molecule has 17 heavy (non-hydrogen) atoms. The zero-order valence-corrected chi connectivity index (χ0v) is 10.6. The highest BCUT2D eigenvalue weighted by molar-refractivity contribution is 6.17. The monoisotopic (exact) mass is 265 g/mol. The van der Waals surface area contributed by atoms with E-state index in [4.69, 9.17) is 11.6 Å². The average Bonchev–Trinajstić information content (AvgIpc) is 2.27. The molecule has 0 atom stereocenters. The molecule has 0 aliphatic heterocycles. The van der Waals surface area contributed by atoms with Gasteiger partial charge in [-0.3, -0.25) is 0 Å². The molecule has 0 fully saturated rings. The van der Waals surface area contributed by atoms with Crippen LogP contribution in [0.15, 0.2) is 18.2 Å². The molecule has 0 bridgehead atoms. The van der Waals surface area contributed by atoms with Crippen molar-refractivity contribution in [2.45, 2.75) is 25.4 Å². The summed E-state index contributed by atoms with van der Waals surface area (Å²) >= 11 is 5.52. The van der Waals surface area contributed by atoms with Gasteiger partial charge in [-0.25, -0.2) is 0 Å². The summed E-state index contributed by atoms with van der Waals surface area (Å²) in [6, 6.07) is 4.27. The van der Waals surface area contributed by atoms with E-state index in [0.29, 0.717) is 5.69 Å². The highest BCUT2D eigenvalue weighted by Gasteiger charge is 2.33. The van der Waals surface area contributed by atoms with Crippen LogP contribution < -0.4 is 4.90 Å². The predicted octanol–water partition coefficient (Wildman–Crippen LogP) is 4.29. The quantitative estimate of drug-likeness (QED) is 0.734. The number of halogens is 4. The number of anilines is 1. The second-order valence-corrected chi connectivity index (χ2v) is 4.16. The molecule has 1 rings (SSSR count). The van der Waals surface area contributed by atoms with E-state index in [1.54, 1.807) is 18.0 Å². The molecule has 0 spiro atoms. The van der Waals surface area contributed by atoms with Gasteiger partial charge >= 0.3 is 6.18 Å². The molecule has 0 amide bonds. The summed E-state index contributed by atoms with van der Waals surface area (Å²) < 4.78 is 38.4.